The van der Waals surface area contributed by atoms with Gasteiger partial charge in [-0.2, -0.15) is 0 Å². The summed E-state index contributed by atoms with van der Waals surface area (Å²) in [7, 11) is 2.26. The van der Waals surface area contributed by atoms with Gasteiger partial charge in [0.1, 0.15) is 0 Å². The van der Waals surface area contributed by atoms with E-state index in [4.69, 9.17) is 0 Å². The van der Waals surface area contributed by atoms with Crippen LogP contribution in [0.2, 0.25) is 0 Å². The quantitative estimate of drug-likeness (QED) is 0.835. The van der Waals surface area contributed by atoms with Crippen molar-refractivity contribution >= 4 is 0 Å². The first kappa shape index (κ1) is 16.3. The van der Waals surface area contributed by atoms with Crippen LogP contribution in [0.15, 0.2) is 0 Å². The Morgan fingerprint density at radius 2 is 1.90 bits per heavy atom. The molecule has 2 saturated heterocycles. The summed E-state index contributed by atoms with van der Waals surface area (Å²) in [6.45, 7) is 14.8. The zero-order valence-electron chi connectivity index (χ0n) is 14.1. The Morgan fingerprint density at radius 3 is 2.50 bits per heavy atom. The maximum absolute atomic E-state index is 3.73. The van der Waals surface area contributed by atoms with Crippen LogP contribution < -0.4 is 5.32 Å². The summed E-state index contributed by atoms with van der Waals surface area (Å²) in [6.07, 6.45) is 5.31. The summed E-state index contributed by atoms with van der Waals surface area (Å²) >= 11 is 0. The molecule has 3 nitrogen and oxygen atoms in total. The van der Waals surface area contributed by atoms with Gasteiger partial charge in [-0.25, -0.2) is 0 Å². The molecule has 0 aromatic carbocycles. The molecule has 2 heterocycles. The number of nitrogens with one attached hydrogen (secondary N) is 1. The fourth-order valence-electron chi connectivity index (χ4n) is 3.86. The monoisotopic (exact) mass is 281 g/mol. The van der Waals surface area contributed by atoms with Gasteiger partial charge >= 0.3 is 0 Å². The average molecular weight is 281 g/mol. The number of likely N-dealkylation sites (tertiary alicyclic amines) is 2. The second-order valence-electron chi connectivity index (χ2n) is 7.68. The normalized spacial score (nSPS) is 32.4. The molecule has 3 heteroatoms. The Bertz CT molecular complexity index is 284. The van der Waals surface area contributed by atoms with Gasteiger partial charge in [-0.15, -0.1) is 0 Å². The Balaban J connectivity index is 1.78. The number of rotatable bonds is 5. The third-order valence-electron chi connectivity index (χ3n) is 5.45. The molecule has 118 valence electrons. The van der Waals surface area contributed by atoms with E-state index in [1.807, 2.05) is 0 Å². The molecule has 0 amide bonds. The highest BCUT2D eigenvalue weighted by atomic mass is 15.2. The molecule has 2 atom stereocenters. The molecule has 0 radical (unpaired) electrons. The van der Waals surface area contributed by atoms with E-state index in [2.05, 4.69) is 42.9 Å². The molecule has 0 aromatic rings. The maximum atomic E-state index is 3.73. The van der Waals surface area contributed by atoms with Gasteiger partial charge in [0.15, 0.2) is 0 Å². The van der Waals surface area contributed by atoms with Gasteiger partial charge in [-0.1, -0.05) is 20.8 Å². The molecule has 2 unspecified atom stereocenters. The number of nitrogens with zero attached hydrogens (tertiary/aromatic N) is 2. The maximum Gasteiger partial charge on any atom is 0.0117 e. The lowest BCUT2D eigenvalue weighted by Gasteiger charge is -2.44. The Morgan fingerprint density at radius 1 is 1.20 bits per heavy atom. The fraction of sp³-hybridized carbons (Fsp3) is 1.00. The Hall–Kier alpha value is -0.120. The van der Waals surface area contributed by atoms with E-state index in [0.717, 1.165) is 12.0 Å². The minimum Gasteiger partial charge on any atom is -0.314 e. The van der Waals surface area contributed by atoms with E-state index in [1.54, 1.807) is 0 Å². The topological polar surface area (TPSA) is 18.5 Å². The van der Waals surface area contributed by atoms with Crippen LogP contribution in [0.4, 0.5) is 0 Å². The van der Waals surface area contributed by atoms with Crippen molar-refractivity contribution in [3.8, 4) is 0 Å². The SMILES string of the molecule is CCCNC1CCN(CC2(C)CCN(C)CC2)CC1C. The van der Waals surface area contributed by atoms with E-state index in [-0.39, 0.29) is 0 Å². The summed E-state index contributed by atoms with van der Waals surface area (Å²) in [5.41, 5.74) is 0.552. The summed E-state index contributed by atoms with van der Waals surface area (Å²) in [5, 5.41) is 3.73. The molecule has 1 N–H and O–H groups in total. The van der Waals surface area contributed by atoms with Crippen LogP contribution >= 0.6 is 0 Å². The minimum absolute atomic E-state index is 0.552. The van der Waals surface area contributed by atoms with Crippen molar-refractivity contribution in [1.29, 1.82) is 0 Å². The fourth-order valence-corrected chi connectivity index (χ4v) is 3.86. The molecule has 0 aromatic heterocycles. The summed E-state index contributed by atoms with van der Waals surface area (Å²) in [4.78, 5) is 5.21. The first-order valence-corrected chi connectivity index (χ1v) is 8.67. The van der Waals surface area contributed by atoms with Crippen molar-refractivity contribution in [3.05, 3.63) is 0 Å². The lowest BCUT2D eigenvalue weighted by molar-refractivity contribution is 0.0569. The number of hydrogen-bond donors (Lipinski definition) is 1. The van der Waals surface area contributed by atoms with Crippen LogP contribution in [0.25, 0.3) is 0 Å². The van der Waals surface area contributed by atoms with Crippen molar-refractivity contribution in [2.75, 3.05) is 46.3 Å². The highest BCUT2D eigenvalue weighted by Crippen LogP contribution is 2.32. The van der Waals surface area contributed by atoms with Crippen molar-refractivity contribution in [2.45, 2.75) is 52.5 Å². The Kier molecular flexibility index (Phi) is 5.88. The van der Waals surface area contributed by atoms with Gasteiger partial charge in [0.25, 0.3) is 0 Å². The van der Waals surface area contributed by atoms with Crippen molar-refractivity contribution in [1.82, 2.24) is 15.1 Å². The Labute approximate surface area is 126 Å². The van der Waals surface area contributed by atoms with Crippen LogP contribution in [0.1, 0.15) is 46.5 Å². The molecule has 0 saturated carbocycles. The highest BCUT2D eigenvalue weighted by molar-refractivity contribution is 4.88. The van der Waals surface area contributed by atoms with Crippen LogP contribution in [0, 0.1) is 11.3 Å². The third kappa shape index (κ3) is 4.44. The smallest absolute Gasteiger partial charge is 0.0117 e. The third-order valence-corrected chi connectivity index (χ3v) is 5.45. The van der Waals surface area contributed by atoms with E-state index in [9.17, 15) is 0 Å². The molecule has 20 heavy (non-hydrogen) atoms. The summed E-state index contributed by atoms with van der Waals surface area (Å²) in [5.74, 6) is 0.796. The lowest BCUT2D eigenvalue weighted by atomic mass is 9.79. The molecule has 0 bridgehead atoms. The zero-order chi connectivity index (χ0) is 14.6. The van der Waals surface area contributed by atoms with Crippen LogP contribution in [-0.4, -0.2) is 62.2 Å². The number of piperidine rings is 2. The average Bonchev–Trinajstić information content (AvgIpc) is 2.42. The van der Waals surface area contributed by atoms with Crippen molar-refractivity contribution in [2.24, 2.45) is 11.3 Å². The second-order valence-corrected chi connectivity index (χ2v) is 7.68. The predicted molar refractivity (Wildman–Crippen MR) is 87.1 cm³/mol. The molecule has 2 rings (SSSR count). The van der Waals surface area contributed by atoms with Gasteiger partial charge in [0, 0.05) is 19.1 Å². The molecular formula is C17H35N3. The lowest BCUT2D eigenvalue weighted by Crippen LogP contribution is -2.52. The number of hydrogen-bond acceptors (Lipinski definition) is 3. The second kappa shape index (κ2) is 7.24. The van der Waals surface area contributed by atoms with E-state index < -0.39 is 0 Å². The molecule has 2 aliphatic heterocycles. The van der Waals surface area contributed by atoms with Crippen molar-refractivity contribution in [3.63, 3.8) is 0 Å². The van der Waals surface area contributed by atoms with Crippen LogP contribution in [-0.2, 0) is 0 Å². The van der Waals surface area contributed by atoms with Gasteiger partial charge in [0.05, 0.1) is 0 Å². The van der Waals surface area contributed by atoms with Crippen LogP contribution in [0.5, 0.6) is 0 Å². The molecular weight excluding hydrogens is 246 g/mol. The first-order valence-electron chi connectivity index (χ1n) is 8.67. The molecule has 0 aliphatic carbocycles. The first-order chi connectivity index (χ1) is 9.52. The summed E-state index contributed by atoms with van der Waals surface area (Å²) in [6, 6.07) is 0.747. The van der Waals surface area contributed by atoms with E-state index in [0.29, 0.717) is 5.41 Å². The molecule has 0 spiro atoms. The van der Waals surface area contributed by atoms with E-state index >= 15 is 0 Å². The van der Waals surface area contributed by atoms with E-state index in [1.165, 1.54) is 65.0 Å². The zero-order valence-corrected chi connectivity index (χ0v) is 14.1. The van der Waals surface area contributed by atoms with Crippen molar-refractivity contribution < 1.29 is 0 Å². The molecule has 2 aliphatic rings. The predicted octanol–water partition coefficient (Wildman–Crippen LogP) is 2.43. The molecule has 2 fully saturated rings. The van der Waals surface area contributed by atoms with Gasteiger partial charge < -0.3 is 15.1 Å². The van der Waals surface area contributed by atoms with Gasteiger partial charge in [-0.05, 0) is 70.2 Å². The largest absolute Gasteiger partial charge is 0.314 e. The van der Waals surface area contributed by atoms with Gasteiger partial charge in [0.2, 0.25) is 0 Å². The summed E-state index contributed by atoms with van der Waals surface area (Å²) < 4.78 is 0. The highest BCUT2D eigenvalue weighted by Gasteiger charge is 2.33. The minimum atomic E-state index is 0.552. The van der Waals surface area contributed by atoms with Gasteiger partial charge in [-0.3, -0.25) is 0 Å². The standard InChI is InChI=1S/C17H35N3/c1-5-9-18-16-6-10-20(13-15(16)2)14-17(3)7-11-19(4)12-8-17/h15-16,18H,5-14H2,1-4H3. The van der Waals surface area contributed by atoms with Crippen LogP contribution in [0.3, 0.4) is 0 Å².